The lowest BCUT2D eigenvalue weighted by Crippen LogP contribution is -2.31. The summed E-state index contributed by atoms with van der Waals surface area (Å²) < 4.78 is 5.51. The van der Waals surface area contributed by atoms with E-state index in [0.717, 1.165) is 18.5 Å². The van der Waals surface area contributed by atoms with E-state index >= 15 is 0 Å². The first-order valence-corrected chi connectivity index (χ1v) is 7.75. The standard InChI is InChI=1S/C16H23N3O3/c1-12-5-4-8-14(18-12)19-15(20)9-10-17-16(21)11-22-13-6-2-3-7-13/h4-5,8,13H,2-3,6-7,9-11H2,1H3,(H,17,21)(H,18,19,20). The van der Waals surface area contributed by atoms with Crippen molar-refractivity contribution in [3.05, 3.63) is 23.9 Å². The van der Waals surface area contributed by atoms with Gasteiger partial charge in [0.15, 0.2) is 0 Å². The van der Waals surface area contributed by atoms with Crippen LogP contribution in [0.5, 0.6) is 0 Å². The second-order valence-electron chi connectivity index (χ2n) is 5.53. The van der Waals surface area contributed by atoms with Crippen molar-refractivity contribution in [2.45, 2.75) is 45.1 Å². The van der Waals surface area contributed by atoms with Gasteiger partial charge in [-0.2, -0.15) is 0 Å². The SMILES string of the molecule is Cc1cccc(NC(=O)CCNC(=O)COC2CCCC2)n1. The molecule has 1 aliphatic carbocycles. The monoisotopic (exact) mass is 305 g/mol. The molecule has 1 aromatic heterocycles. The summed E-state index contributed by atoms with van der Waals surface area (Å²) in [6.07, 6.45) is 4.88. The molecule has 6 heteroatoms. The lowest BCUT2D eigenvalue weighted by Gasteiger charge is -2.11. The summed E-state index contributed by atoms with van der Waals surface area (Å²) >= 11 is 0. The van der Waals surface area contributed by atoms with Crippen LogP contribution in [0.3, 0.4) is 0 Å². The van der Waals surface area contributed by atoms with Gasteiger partial charge in [-0.25, -0.2) is 4.98 Å². The Labute approximate surface area is 130 Å². The van der Waals surface area contributed by atoms with Gasteiger partial charge in [-0.1, -0.05) is 18.9 Å². The number of amides is 2. The molecule has 0 unspecified atom stereocenters. The number of rotatable bonds is 7. The van der Waals surface area contributed by atoms with Crippen LogP contribution in [0.25, 0.3) is 0 Å². The third-order valence-electron chi connectivity index (χ3n) is 3.58. The lowest BCUT2D eigenvalue weighted by molar-refractivity contribution is -0.127. The van der Waals surface area contributed by atoms with Crippen molar-refractivity contribution in [3.8, 4) is 0 Å². The third kappa shape index (κ3) is 5.81. The highest BCUT2D eigenvalue weighted by Crippen LogP contribution is 2.20. The minimum absolute atomic E-state index is 0.0751. The van der Waals surface area contributed by atoms with Crippen LogP contribution in [0.1, 0.15) is 37.8 Å². The van der Waals surface area contributed by atoms with E-state index in [1.54, 1.807) is 6.07 Å². The Morgan fingerprint density at radius 3 is 2.77 bits per heavy atom. The van der Waals surface area contributed by atoms with E-state index in [0.29, 0.717) is 12.4 Å². The van der Waals surface area contributed by atoms with E-state index in [-0.39, 0.29) is 30.9 Å². The van der Waals surface area contributed by atoms with Crippen LogP contribution in [-0.2, 0) is 14.3 Å². The normalized spacial score (nSPS) is 14.8. The van der Waals surface area contributed by atoms with Gasteiger partial charge in [-0.15, -0.1) is 0 Å². The van der Waals surface area contributed by atoms with Crippen molar-refractivity contribution in [2.24, 2.45) is 0 Å². The van der Waals surface area contributed by atoms with E-state index in [9.17, 15) is 9.59 Å². The number of aromatic nitrogens is 1. The van der Waals surface area contributed by atoms with Gasteiger partial charge < -0.3 is 15.4 Å². The molecule has 0 radical (unpaired) electrons. The zero-order chi connectivity index (χ0) is 15.8. The first kappa shape index (κ1) is 16.4. The Balaban J connectivity index is 1.59. The first-order valence-electron chi connectivity index (χ1n) is 7.75. The highest BCUT2D eigenvalue weighted by molar-refractivity contribution is 5.90. The summed E-state index contributed by atoms with van der Waals surface area (Å²) in [4.78, 5) is 27.5. The van der Waals surface area contributed by atoms with Gasteiger partial charge in [0, 0.05) is 18.7 Å². The number of anilines is 1. The quantitative estimate of drug-likeness (QED) is 0.805. The van der Waals surface area contributed by atoms with Crippen LogP contribution in [0.15, 0.2) is 18.2 Å². The van der Waals surface area contributed by atoms with Gasteiger partial charge in [-0.3, -0.25) is 9.59 Å². The minimum atomic E-state index is -0.173. The number of ether oxygens (including phenoxy) is 1. The number of nitrogens with zero attached hydrogens (tertiary/aromatic N) is 1. The molecule has 1 fully saturated rings. The third-order valence-corrected chi connectivity index (χ3v) is 3.58. The van der Waals surface area contributed by atoms with E-state index < -0.39 is 0 Å². The zero-order valence-electron chi connectivity index (χ0n) is 12.9. The van der Waals surface area contributed by atoms with Crippen LogP contribution in [0.4, 0.5) is 5.82 Å². The smallest absolute Gasteiger partial charge is 0.246 e. The molecule has 22 heavy (non-hydrogen) atoms. The van der Waals surface area contributed by atoms with Gasteiger partial charge in [0.05, 0.1) is 6.10 Å². The second-order valence-corrected chi connectivity index (χ2v) is 5.53. The molecule has 0 atom stereocenters. The Bertz CT molecular complexity index is 513. The number of carbonyl (C=O) groups is 2. The molecule has 2 N–H and O–H groups in total. The second kappa shape index (κ2) is 8.48. The molecule has 0 saturated heterocycles. The molecule has 0 bridgehead atoms. The van der Waals surface area contributed by atoms with Gasteiger partial charge in [0.1, 0.15) is 12.4 Å². The summed E-state index contributed by atoms with van der Waals surface area (Å²) in [5, 5.41) is 5.39. The summed E-state index contributed by atoms with van der Waals surface area (Å²) in [5.41, 5.74) is 0.843. The van der Waals surface area contributed by atoms with Crippen LogP contribution in [0.2, 0.25) is 0 Å². The minimum Gasteiger partial charge on any atom is -0.368 e. The average Bonchev–Trinajstić information content (AvgIpc) is 2.98. The van der Waals surface area contributed by atoms with Gasteiger partial charge in [-0.05, 0) is 31.9 Å². The van der Waals surface area contributed by atoms with Crippen molar-refractivity contribution >= 4 is 17.6 Å². The molecule has 0 spiro atoms. The van der Waals surface area contributed by atoms with Gasteiger partial charge >= 0.3 is 0 Å². The summed E-state index contributed by atoms with van der Waals surface area (Å²) in [5.74, 6) is 0.185. The molecular weight excluding hydrogens is 282 g/mol. The first-order chi connectivity index (χ1) is 10.6. The highest BCUT2D eigenvalue weighted by atomic mass is 16.5. The maximum atomic E-state index is 11.7. The number of hydrogen-bond acceptors (Lipinski definition) is 4. The molecule has 0 aromatic carbocycles. The molecule has 2 rings (SSSR count). The van der Waals surface area contributed by atoms with E-state index in [1.807, 2.05) is 19.1 Å². The Kier molecular flexibility index (Phi) is 6.33. The fourth-order valence-electron chi connectivity index (χ4n) is 2.43. The zero-order valence-corrected chi connectivity index (χ0v) is 12.9. The Hall–Kier alpha value is -1.95. The number of pyridine rings is 1. The largest absolute Gasteiger partial charge is 0.368 e. The predicted octanol–water partition coefficient (Wildman–Crippen LogP) is 1.79. The van der Waals surface area contributed by atoms with Crippen molar-refractivity contribution in [1.29, 1.82) is 0 Å². The topological polar surface area (TPSA) is 80.3 Å². The maximum Gasteiger partial charge on any atom is 0.246 e. The number of nitrogens with one attached hydrogen (secondary N) is 2. The van der Waals surface area contributed by atoms with Crippen molar-refractivity contribution < 1.29 is 14.3 Å². The van der Waals surface area contributed by atoms with E-state index in [1.165, 1.54) is 12.8 Å². The van der Waals surface area contributed by atoms with Crippen LogP contribution in [-0.4, -0.2) is 36.1 Å². The van der Waals surface area contributed by atoms with Crippen molar-refractivity contribution in [2.75, 3.05) is 18.5 Å². The highest BCUT2D eigenvalue weighted by Gasteiger charge is 2.16. The number of carbonyl (C=O) groups excluding carboxylic acids is 2. The predicted molar refractivity (Wildman–Crippen MR) is 83.4 cm³/mol. The van der Waals surface area contributed by atoms with Crippen LogP contribution < -0.4 is 10.6 Å². The Morgan fingerprint density at radius 2 is 2.05 bits per heavy atom. The molecule has 6 nitrogen and oxygen atoms in total. The van der Waals surface area contributed by atoms with Crippen LogP contribution >= 0.6 is 0 Å². The summed E-state index contributed by atoms with van der Waals surface area (Å²) in [7, 11) is 0. The Morgan fingerprint density at radius 1 is 1.27 bits per heavy atom. The molecule has 1 aliphatic rings. The molecule has 0 aliphatic heterocycles. The lowest BCUT2D eigenvalue weighted by atomic mass is 10.3. The molecule has 1 heterocycles. The maximum absolute atomic E-state index is 11.7. The summed E-state index contributed by atoms with van der Waals surface area (Å²) in [6, 6.07) is 5.43. The molecular formula is C16H23N3O3. The van der Waals surface area contributed by atoms with Crippen molar-refractivity contribution in [1.82, 2.24) is 10.3 Å². The fraction of sp³-hybridized carbons (Fsp3) is 0.562. The molecule has 120 valence electrons. The van der Waals surface area contributed by atoms with E-state index in [4.69, 9.17) is 4.74 Å². The summed E-state index contributed by atoms with van der Waals surface area (Å²) in [6.45, 7) is 2.23. The number of aryl methyl sites for hydroxylation is 1. The van der Waals surface area contributed by atoms with Crippen LogP contribution in [0, 0.1) is 6.92 Å². The van der Waals surface area contributed by atoms with Gasteiger partial charge in [0.25, 0.3) is 0 Å². The van der Waals surface area contributed by atoms with Crippen molar-refractivity contribution in [3.63, 3.8) is 0 Å². The molecule has 1 aromatic rings. The molecule has 2 amide bonds. The molecule has 1 saturated carbocycles. The van der Waals surface area contributed by atoms with Gasteiger partial charge in [0.2, 0.25) is 11.8 Å². The van der Waals surface area contributed by atoms with E-state index in [2.05, 4.69) is 15.6 Å². The average molecular weight is 305 g/mol. The fourth-order valence-corrected chi connectivity index (χ4v) is 2.43. The number of hydrogen-bond donors (Lipinski definition) is 2.